The zero-order valence-corrected chi connectivity index (χ0v) is 14.0. The Morgan fingerprint density at radius 3 is 2.38 bits per heavy atom. The molecule has 0 N–H and O–H groups in total. The SMILES string of the molecule is CCN(CCS(C)(=O)=O)c1cnc2cc(Cl)c(Cl)cc2n1. The predicted octanol–water partition coefficient (Wildman–Crippen LogP) is 2.81. The summed E-state index contributed by atoms with van der Waals surface area (Å²) in [6, 6.07) is 3.31. The summed E-state index contributed by atoms with van der Waals surface area (Å²) in [6.45, 7) is 2.94. The minimum atomic E-state index is -3.02. The topological polar surface area (TPSA) is 63.2 Å². The molecule has 114 valence electrons. The first-order valence-electron chi connectivity index (χ1n) is 6.34. The first-order chi connectivity index (χ1) is 9.80. The third-order valence-corrected chi connectivity index (χ3v) is 4.66. The van der Waals surface area contributed by atoms with E-state index in [1.165, 1.54) is 6.26 Å². The Bertz CT molecular complexity index is 765. The van der Waals surface area contributed by atoms with Crippen molar-refractivity contribution < 1.29 is 8.42 Å². The van der Waals surface area contributed by atoms with E-state index in [9.17, 15) is 8.42 Å². The van der Waals surface area contributed by atoms with Crippen molar-refractivity contribution in [1.82, 2.24) is 9.97 Å². The molecule has 21 heavy (non-hydrogen) atoms. The molecule has 0 atom stereocenters. The molecule has 0 saturated carbocycles. The van der Waals surface area contributed by atoms with Crippen molar-refractivity contribution in [3.05, 3.63) is 28.4 Å². The lowest BCUT2D eigenvalue weighted by atomic mass is 10.3. The Morgan fingerprint density at radius 2 is 1.81 bits per heavy atom. The molecule has 0 saturated heterocycles. The van der Waals surface area contributed by atoms with E-state index in [1.807, 2.05) is 11.8 Å². The van der Waals surface area contributed by atoms with Crippen LogP contribution < -0.4 is 4.90 Å². The highest BCUT2D eigenvalue weighted by Gasteiger charge is 2.12. The van der Waals surface area contributed by atoms with Gasteiger partial charge in [0.05, 0.1) is 33.0 Å². The van der Waals surface area contributed by atoms with Crippen LogP contribution in [0.2, 0.25) is 10.0 Å². The maximum atomic E-state index is 11.3. The average molecular weight is 348 g/mol. The minimum Gasteiger partial charge on any atom is -0.355 e. The maximum absolute atomic E-state index is 11.3. The number of anilines is 1. The minimum absolute atomic E-state index is 0.0714. The van der Waals surface area contributed by atoms with Gasteiger partial charge in [0.15, 0.2) is 0 Å². The summed E-state index contributed by atoms with van der Waals surface area (Å²) >= 11 is 11.9. The van der Waals surface area contributed by atoms with Crippen LogP contribution in [-0.2, 0) is 9.84 Å². The average Bonchev–Trinajstić information content (AvgIpc) is 2.39. The Labute approximate surface area is 133 Å². The second kappa shape index (κ2) is 6.34. The molecule has 0 spiro atoms. The number of halogens is 2. The molecule has 2 aromatic rings. The van der Waals surface area contributed by atoms with E-state index in [0.29, 0.717) is 40.0 Å². The van der Waals surface area contributed by atoms with Gasteiger partial charge in [-0.2, -0.15) is 0 Å². The van der Waals surface area contributed by atoms with Crippen molar-refractivity contribution in [2.75, 3.05) is 30.0 Å². The lowest BCUT2D eigenvalue weighted by Crippen LogP contribution is -2.29. The van der Waals surface area contributed by atoms with Crippen molar-refractivity contribution in [2.24, 2.45) is 0 Å². The lowest BCUT2D eigenvalue weighted by Gasteiger charge is -2.21. The zero-order valence-electron chi connectivity index (χ0n) is 11.7. The molecule has 0 aliphatic carbocycles. The number of sulfone groups is 1. The summed E-state index contributed by atoms with van der Waals surface area (Å²) in [5.41, 5.74) is 1.27. The van der Waals surface area contributed by atoms with Crippen molar-refractivity contribution in [3.8, 4) is 0 Å². The van der Waals surface area contributed by atoms with Crippen LogP contribution in [0.15, 0.2) is 18.3 Å². The molecule has 8 heteroatoms. The third kappa shape index (κ3) is 4.18. The zero-order chi connectivity index (χ0) is 15.6. The number of rotatable bonds is 5. The molecular weight excluding hydrogens is 333 g/mol. The first kappa shape index (κ1) is 16.3. The predicted molar refractivity (Wildman–Crippen MR) is 87.2 cm³/mol. The standard InChI is InChI=1S/C13H15Cl2N3O2S/c1-3-18(4-5-21(2,19)20)13-8-16-11-6-9(14)10(15)7-12(11)17-13/h6-8H,3-5H2,1-2H3. The first-order valence-corrected chi connectivity index (χ1v) is 9.16. The molecule has 0 amide bonds. The molecule has 0 unspecified atom stereocenters. The van der Waals surface area contributed by atoms with Crippen LogP contribution in [-0.4, -0.2) is 43.5 Å². The smallest absolute Gasteiger partial charge is 0.149 e. The summed E-state index contributed by atoms with van der Waals surface area (Å²) in [5.74, 6) is 0.689. The van der Waals surface area contributed by atoms with Crippen LogP contribution >= 0.6 is 23.2 Å². The quantitative estimate of drug-likeness (QED) is 0.831. The van der Waals surface area contributed by atoms with Gasteiger partial charge in [0.2, 0.25) is 0 Å². The summed E-state index contributed by atoms with van der Waals surface area (Å²) in [7, 11) is -3.02. The van der Waals surface area contributed by atoms with Gasteiger partial charge < -0.3 is 4.90 Å². The van der Waals surface area contributed by atoms with Crippen molar-refractivity contribution >= 4 is 49.9 Å². The molecule has 5 nitrogen and oxygen atoms in total. The number of fused-ring (bicyclic) bond motifs is 1. The number of benzene rings is 1. The molecule has 2 rings (SSSR count). The molecule has 1 heterocycles. The van der Waals surface area contributed by atoms with Gasteiger partial charge in [0.1, 0.15) is 15.7 Å². The van der Waals surface area contributed by atoms with E-state index in [0.717, 1.165) is 0 Å². The molecule has 1 aromatic carbocycles. The summed E-state index contributed by atoms with van der Waals surface area (Å²) in [4.78, 5) is 10.6. The number of nitrogens with zero attached hydrogens (tertiary/aromatic N) is 3. The normalized spacial score (nSPS) is 11.8. The van der Waals surface area contributed by atoms with Gasteiger partial charge in [-0.25, -0.2) is 13.4 Å². The fourth-order valence-electron chi connectivity index (χ4n) is 1.86. The second-order valence-electron chi connectivity index (χ2n) is 4.69. The fraction of sp³-hybridized carbons (Fsp3) is 0.385. The number of hydrogen-bond donors (Lipinski definition) is 0. The van der Waals surface area contributed by atoms with Gasteiger partial charge in [-0.1, -0.05) is 23.2 Å². The van der Waals surface area contributed by atoms with E-state index in [-0.39, 0.29) is 5.75 Å². The van der Waals surface area contributed by atoms with Crippen LogP contribution in [0.5, 0.6) is 0 Å². The van der Waals surface area contributed by atoms with Crippen molar-refractivity contribution in [2.45, 2.75) is 6.92 Å². The van der Waals surface area contributed by atoms with Gasteiger partial charge in [0.25, 0.3) is 0 Å². The molecule has 0 bridgehead atoms. The van der Waals surface area contributed by atoms with Gasteiger partial charge >= 0.3 is 0 Å². The van der Waals surface area contributed by atoms with E-state index in [4.69, 9.17) is 23.2 Å². The van der Waals surface area contributed by atoms with Crippen LogP contribution in [0.3, 0.4) is 0 Å². The van der Waals surface area contributed by atoms with Crippen LogP contribution in [0, 0.1) is 0 Å². The highest BCUT2D eigenvalue weighted by atomic mass is 35.5. The summed E-state index contributed by atoms with van der Waals surface area (Å²) < 4.78 is 22.6. The van der Waals surface area contributed by atoms with Crippen LogP contribution in [0.4, 0.5) is 5.82 Å². The Kier molecular flexibility index (Phi) is 4.91. The van der Waals surface area contributed by atoms with Crippen molar-refractivity contribution in [1.29, 1.82) is 0 Å². The Morgan fingerprint density at radius 1 is 1.19 bits per heavy atom. The van der Waals surface area contributed by atoms with Gasteiger partial charge in [-0.3, -0.25) is 4.98 Å². The van der Waals surface area contributed by atoms with Gasteiger partial charge in [-0.05, 0) is 19.1 Å². The van der Waals surface area contributed by atoms with E-state index >= 15 is 0 Å². The molecule has 0 aliphatic heterocycles. The van der Waals surface area contributed by atoms with Crippen molar-refractivity contribution in [3.63, 3.8) is 0 Å². The highest BCUT2D eigenvalue weighted by molar-refractivity contribution is 7.90. The molecule has 0 aliphatic rings. The Balaban J connectivity index is 2.34. The molecular formula is C13H15Cl2N3O2S. The monoisotopic (exact) mass is 347 g/mol. The van der Waals surface area contributed by atoms with E-state index in [2.05, 4.69) is 9.97 Å². The lowest BCUT2D eigenvalue weighted by molar-refractivity contribution is 0.600. The van der Waals surface area contributed by atoms with Gasteiger partial charge in [0, 0.05) is 19.3 Å². The van der Waals surface area contributed by atoms with E-state index < -0.39 is 9.84 Å². The second-order valence-corrected chi connectivity index (χ2v) is 7.77. The Hall–Kier alpha value is -1.11. The molecule has 1 aromatic heterocycles. The molecule has 0 radical (unpaired) electrons. The number of aromatic nitrogens is 2. The van der Waals surface area contributed by atoms with E-state index in [1.54, 1.807) is 18.3 Å². The summed E-state index contributed by atoms with van der Waals surface area (Å²) in [6.07, 6.45) is 2.83. The van der Waals surface area contributed by atoms with Crippen LogP contribution in [0.1, 0.15) is 6.92 Å². The van der Waals surface area contributed by atoms with Crippen LogP contribution in [0.25, 0.3) is 11.0 Å². The fourth-order valence-corrected chi connectivity index (χ4v) is 2.73. The summed E-state index contributed by atoms with van der Waals surface area (Å²) in [5, 5.41) is 0.838. The number of hydrogen-bond acceptors (Lipinski definition) is 5. The molecule has 0 fully saturated rings. The largest absolute Gasteiger partial charge is 0.355 e. The maximum Gasteiger partial charge on any atom is 0.149 e. The van der Waals surface area contributed by atoms with Gasteiger partial charge in [-0.15, -0.1) is 0 Å². The highest BCUT2D eigenvalue weighted by Crippen LogP contribution is 2.27. The third-order valence-electron chi connectivity index (χ3n) is 3.01.